The van der Waals surface area contributed by atoms with Crippen molar-refractivity contribution >= 4 is 34.9 Å². The molecule has 0 bridgehead atoms. The largest absolute Gasteiger partial charge is 0.354 e. The van der Waals surface area contributed by atoms with Gasteiger partial charge in [0.1, 0.15) is 28.8 Å². The molecule has 1 spiro atoms. The number of nitrogens with one attached hydrogen (secondary N) is 1. The first kappa shape index (κ1) is 28.0. The fourth-order valence-corrected chi connectivity index (χ4v) is 6.48. The highest BCUT2D eigenvalue weighted by Crippen LogP contribution is 2.49. The van der Waals surface area contributed by atoms with E-state index in [2.05, 4.69) is 15.3 Å². The molecule has 8 nitrogen and oxygen atoms in total. The zero-order valence-corrected chi connectivity index (χ0v) is 23.1. The van der Waals surface area contributed by atoms with Gasteiger partial charge in [0.05, 0.1) is 21.8 Å². The zero-order valence-electron chi connectivity index (χ0n) is 22.4. The number of fused-ring (bicyclic) bond motifs is 2. The topological polar surface area (TPSA) is 102 Å². The molecule has 12 heteroatoms. The lowest BCUT2D eigenvalue weighted by molar-refractivity contribution is -0.124. The number of anilines is 2. The first-order chi connectivity index (χ1) is 20.2. The molecule has 1 saturated carbocycles. The minimum atomic E-state index is -2.91. The first-order valence-corrected chi connectivity index (χ1v) is 14.0. The van der Waals surface area contributed by atoms with Crippen LogP contribution in [0.4, 0.5) is 24.7 Å². The number of nitrogens with zero attached hydrogens (tertiary/aromatic N) is 5. The van der Waals surface area contributed by atoms with Crippen LogP contribution in [-0.4, -0.2) is 47.5 Å². The molecule has 2 fully saturated rings. The van der Waals surface area contributed by atoms with Crippen molar-refractivity contribution in [3.63, 3.8) is 0 Å². The Morgan fingerprint density at radius 2 is 1.88 bits per heavy atom. The standard InChI is InChI=1S/C30H26ClF3N6O2/c31-19-9-22(26(27(33)34)37-13-19)28(41)38-21-5-1-17(2-6-21)14-40-24-10-20(32)4-7-23(24)30(29(40)42)15-39(16-30)25-8-3-18(11-35)12-36-25/h3-4,7-10,12-13,17,21,27H,1-2,5-6,14-16H2,(H,38,41). The summed E-state index contributed by atoms with van der Waals surface area (Å²) in [6.45, 7) is 1.22. The number of rotatable bonds is 6. The van der Waals surface area contributed by atoms with Crippen LogP contribution in [0.1, 0.15) is 59.3 Å². The molecule has 1 aliphatic carbocycles. The molecule has 3 aliphatic rings. The quantitative estimate of drug-likeness (QED) is 0.422. The molecule has 2 aliphatic heterocycles. The summed E-state index contributed by atoms with van der Waals surface area (Å²) in [4.78, 5) is 38.3. The highest BCUT2D eigenvalue weighted by molar-refractivity contribution is 6.30. The number of alkyl halides is 2. The van der Waals surface area contributed by atoms with Gasteiger partial charge in [0.25, 0.3) is 12.3 Å². The number of carbonyl (C=O) groups is 2. The van der Waals surface area contributed by atoms with Crippen LogP contribution in [0.3, 0.4) is 0 Å². The fourth-order valence-electron chi connectivity index (χ4n) is 6.33. The average Bonchev–Trinajstić information content (AvgIpc) is 3.20. The molecule has 216 valence electrons. The number of hydrogen-bond acceptors (Lipinski definition) is 6. The van der Waals surface area contributed by atoms with Gasteiger partial charge in [-0.05, 0) is 67.5 Å². The van der Waals surface area contributed by atoms with Crippen LogP contribution < -0.4 is 15.1 Å². The molecule has 0 radical (unpaired) electrons. The van der Waals surface area contributed by atoms with Crippen LogP contribution >= 0.6 is 11.6 Å². The van der Waals surface area contributed by atoms with E-state index < -0.39 is 29.3 Å². The maximum Gasteiger partial charge on any atom is 0.281 e. The van der Waals surface area contributed by atoms with Gasteiger partial charge in [-0.3, -0.25) is 14.6 Å². The molecule has 1 aromatic carbocycles. The Hall–Kier alpha value is -4.17. The molecule has 42 heavy (non-hydrogen) atoms. The predicted octanol–water partition coefficient (Wildman–Crippen LogP) is 5.17. The second-order valence-corrected chi connectivity index (χ2v) is 11.5. The lowest BCUT2D eigenvalue weighted by Crippen LogP contribution is -2.64. The molecule has 4 heterocycles. The van der Waals surface area contributed by atoms with E-state index in [1.165, 1.54) is 24.4 Å². The summed E-state index contributed by atoms with van der Waals surface area (Å²) in [7, 11) is 0. The lowest BCUT2D eigenvalue weighted by atomic mass is 9.74. The van der Waals surface area contributed by atoms with E-state index in [1.54, 1.807) is 23.1 Å². The summed E-state index contributed by atoms with van der Waals surface area (Å²) in [5.74, 6) is -0.343. The van der Waals surface area contributed by atoms with Crippen molar-refractivity contribution in [2.75, 3.05) is 29.4 Å². The van der Waals surface area contributed by atoms with Gasteiger partial charge in [-0.25, -0.2) is 18.2 Å². The zero-order chi connectivity index (χ0) is 29.6. The van der Waals surface area contributed by atoms with E-state index in [9.17, 15) is 22.8 Å². The van der Waals surface area contributed by atoms with Gasteiger partial charge >= 0.3 is 0 Å². The SMILES string of the molecule is N#Cc1ccc(N2CC3(C2)C(=O)N(CC2CCC(NC(=O)c4cc(Cl)cnc4C(F)F)CC2)c2cc(F)ccc23)nc1. The molecule has 0 atom stereocenters. The molecule has 2 amide bonds. The van der Waals surface area contributed by atoms with E-state index in [0.717, 1.165) is 11.8 Å². The Morgan fingerprint density at radius 3 is 2.55 bits per heavy atom. The number of aromatic nitrogens is 2. The Bertz CT molecular complexity index is 1580. The molecule has 1 saturated heterocycles. The van der Waals surface area contributed by atoms with Crippen molar-refractivity contribution in [3.8, 4) is 6.07 Å². The Labute approximate surface area is 245 Å². The van der Waals surface area contributed by atoms with Crippen molar-refractivity contribution in [1.82, 2.24) is 15.3 Å². The number of pyridine rings is 2. The van der Waals surface area contributed by atoms with Crippen LogP contribution in [-0.2, 0) is 10.2 Å². The molecule has 1 N–H and O–H groups in total. The second kappa shape index (κ2) is 10.9. The number of amides is 2. The Kier molecular flexibility index (Phi) is 7.27. The summed E-state index contributed by atoms with van der Waals surface area (Å²) in [6.07, 6.45) is 2.28. The van der Waals surface area contributed by atoms with Crippen LogP contribution in [0, 0.1) is 23.1 Å². The third-order valence-corrected chi connectivity index (χ3v) is 8.71. The Morgan fingerprint density at radius 1 is 1.12 bits per heavy atom. The maximum absolute atomic E-state index is 14.4. The summed E-state index contributed by atoms with van der Waals surface area (Å²) in [6, 6.07) is 10.9. The highest BCUT2D eigenvalue weighted by atomic mass is 35.5. The van der Waals surface area contributed by atoms with E-state index in [0.29, 0.717) is 62.4 Å². The van der Waals surface area contributed by atoms with Gasteiger partial charge in [-0.1, -0.05) is 17.7 Å². The molecular weight excluding hydrogens is 569 g/mol. The third-order valence-electron chi connectivity index (χ3n) is 8.50. The van der Waals surface area contributed by atoms with Crippen molar-refractivity contribution in [1.29, 1.82) is 5.26 Å². The van der Waals surface area contributed by atoms with Gasteiger partial charge in [0, 0.05) is 38.1 Å². The van der Waals surface area contributed by atoms with E-state index in [1.807, 2.05) is 11.0 Å². The first-order valence-electron chi connectivity index (χ1n) is 13.7. The monoisotopic (exact) mass is 594 g/mol. The maximum atomic E-state index is 14.4. The van der Waals surface area contributed by atoms with Gasteiger partial charge in [-0.2, -0.15) is 5.26 Å². The fraction of sp³-hybridized carbons (Fsp3) is 0.367. The number of benzene rings is 1. The summed E-state index contributed by atoms with van der Waals surface area (Å²) in [5.41, 5.74) is 0.184. The van der Waals surface area contributed by atoms with E-state index >= 15 is 0 Å². The van der Waals surface area contributed by atoms with Crippen molar-refractivity contribution in [3.05, 3.63) is 82.0 Å². The van der Waals surface area contributed by atoms with Crippen molar-refractivity contribution in [2.45, 2.75) is 43.6 Å². The molecular formula is C30H26ClF3N6O2. The lowest BCUT2D eigenvalue weighted by Gasteiger charge is -2.47. The molecule has 3 aromatic rings. The number of carbonyl (C=O) groups excluding carboxylic acids is 2. The number of halogens is 4. The third kappa shape index (κ3) is 4.94. The van der Waals surface area contributed by atoms with Gasteiger partial charge in [-0.15, -0.1) is 0 Å². The summed E-state index contributed by atoms with van der Waals surface area (Å²) >= 11 is 5.89. The number of nitriles is 1. The predicted molar refractivity (Wildman–Crippen MR) is 149 cm³/mol. The summed E-state index contributed by atoms with van der Waals surface area (Å²) in [5, 5.41) is 12.0. The normalized spacial score (nSPS) is 20.8. The van der Waals surface area contributed by atoms with E-state index in [-0.39, 0.29) is 28.5 Å². The second-order valence-electron chi connectivity index (χ2n) is 11.1. The highest BCUT2D eigenvalue weighted by Gasteiger charge is 2.58. The Balaban J connectivity index is 1.11. The molecule has 2 aromatic heterocycles. The van der Waals surface area contributed by atoms with Crippen molar-refractivity contribution in [2.24, 2.45) is 5.92 Å². The minimum absolute atomic E-state index is 0.0728. The molecule has 0 unspecified atom stereocenters. The molecule has 6 rings (SSSR count). The number of hydrogen-bond donors (Lipinski definition) is 1. The van der Waals surface area contributed by atoms with Crippen LogP contribution in [0.15, 0.2) is 48.8 Å². The van der Waals surface area contributed by atoms with Gasteiger partial charge < -0.3 is 15.1 Å². The van der Waals surface area contributed by atoms with Gasteiger partial charge in [0.15, 0.2) is 0 Å². The smallest absolute Gasteiger partial charge is 0.281 e. The van der Waals surface area contributed by atoms with Crippen molar-refractivity contribution < 1.29 is 22.8 Å². The van der Waals surface area contributed by atoms with Crippen LogP contribution in [0.2, 0.25) is 5.02 Å². The summed E-state index contributed by atoms with van der Waals surface area (Å²) < 4.78 is 41.1. The minimum Gasteiger partial charge on any atom is -0.354 e. The van der Waals surface area contributed by atoms with Crippen LogP contribution in [0.25, 0.3) is 0 Å². The van der Waals surface area contributed by atoms with Crippen LogP contribution in [0.5, 0.6) is 0 Å². The van der Waals surface area contributed by atoms with Gasteiger partial charge in [0.2, 0.25) is 5.91 Å². The van der Waals surface area contributed by atoms with E-state index in [4.69, 9.17) is 16.9 Å². The average molecular weight is 595 g/mol.